The summed E-state index contributed by atoms with van der Waals surface area (Å²) in [6, 6.07) is 9.87. The van der Waals surface area contributed by atoms with Crippen LogP contribution in [0.2, 0.25) is 0 Å². The van der Waals surface area contributed by atoms with E-state index < -0.39 is 0 Å². The molecule has 2 aromatic rings. The Morgan fingerprint density at radius 2 is 2.05 bits per heavy atom. The maximum Gasteiger partial charge on any atom is 0.220 e. The van der Waals surface area contributed by atoms with Gasteiger partial charge in [0.2, 0.25) is 11.8 Å². The highest BCUT2D eigenvalue weighted by atomic mass is 16.4. The van der Waals surface area contributed by atoms with Gasteiger partial charge in [-0.3, -0.25) is 4.79 Å². The Hall–Kier alpha value is -2.10. The lowest BCUT2D eigenvalue weighted by atomic mass is 10.1. The van der Waals surface area contributed by atoms with Gasteiger partial charge in [0.1, 0.15) is 11.5 Å². The van der Waals surface area contributed by atoms with Crippen molar-refractivity contribution in [2.24, 2.45) is 0 Å². The molecule has 0 aliphatic heterocycles. The molecule has 0 fully saturated rings. The molecule has 1 aromatic heterocycles. The third-order valence-corrected chi connectivity index (χ3v) is 2.80. The van der Waals surface area contributed by atoms with Gasteiger partial charge in [0.05, 0.1) is 6.54 Å². The zero-order chi connectivity index (χ0) is 13.7. The Balaban J connectivity index is 2.07. The number of carbonyl (C=O) groups is 1. The van der Waals surface area contributed by atoms with Crippen molar-refractivity contribution in [2.75, 3.05) is 0 Å². The lowest BCUT2D eigenvalue weighted by Crippen LogP contribution is -2.22. The van der Waals surface area contributed by atoms with Crippen molar-refractivity contribution >= 4 is 5.91 Å². The number of hydrogen-bond acceptors (Lipinski definition) is 3. The zero-order valence-electron chi connectivity index (χ0n) is 11.3. The summed E-state index contributed by atoms with van der Waals surface area (Å²) >= 11 is 0. The fourth-order valence-electron chi connectivity index (χ4n) is 1.88. The van der Waals surface area contributed by atoms with E-state index in [-0.39, 0.29) is 5.91 Å². The Labute approximate surface area is 112 Å². The van der Waals surface area contributed by atoms with E-state index in [0.717, 1.165) is 23.4 Å². The number of carbonyl (C=O) groups excluding carboxylic acids is 1. The molecule has 0 atom stereocenters. The molecule has 0 radical (unpaired) electrons. The van der Waals surface area contributed by atoms with Gasteiger partial charge in [-0.1, -0.05) is 37.3 Å². The molecule has 4 nitrogen and oxygen atoms in total. The van der Waals surface area contributed by atoms with Gasteiger partial charge in [-0.15, -0.1) is 0 Å². The highest BCUT2D eigenvalue weighted by Gasteiger charge is 2.11. The number of hydrogen-bond donors (Lipinski definition) is 1. The molecule has 19 heavy (non-hydrogen) atoms. The maximum atomic E-state index is 11.4. The van der Waals surface area contributed by atoms with E-state index in [1.807, 2.05) is 44.2 Å². The minimum absolute atomic E-state index is 0.0274. The first-order valence-electron chi connectivity index (χ1n) is 6.49. The van der Waals surface area contributed by atoms with E-state index in [2.05, 4.69) is 10.3 Å². The zero-order valence-corrected chi connectivity index (χ0v) is 11.3. The minimum Gasteiger partial charge on any atom is -0.443 e. The molecule has 0 spiro atoms. The van der Waals surface area contributed by atoms with Gasteiger partial charge in [0, 0.05) is 12.0 Å². The summed E-state index contributed by atoms with van der Waals surface area (Å²) in [5.74, 6) is 1.34. The van der Waals surface area contributed by atoms with Crippen LogP contribution in [-0.2, 0) is 11.3 Å². The fraction of sp³-hybridized carbons (Fsp3) is 0.333. The molecule has 4 heteroatoms. The third-order valence-electron chi connectivity index (χ3n) is 2.80. The largest absolute Gasteiger partial charge is 0.443 e. The first-order valence-corrected chi connectivity index (χ1v) is 6.49. The molecule has 1 heterocycles. The highest BCUT2D eigenvalue weighted by molar-refractivity contribution is 5.75. The van der Waals surface area contributed by atoms with Gasteiger partial charge in [-0.05, 0) is 13.3 Å². The average Bonchev–Trinajstić information content (AvgIpc) is 2.79. The van der Waals surface area contributed by atoms with Gasteiger partial charge in [0.25, 0.3) is 0 Å². The Bertz CT molecular complexity index is 547. The van der Waals surface area contributed by atoms with Crippen LogP contribution in [0.15, 0.2) is 34.7 Å². The SMILES string of the molecule is CCCC(=O)NCc1nc(-c2ccccc2)c(C)o1. The smallest absolute Gasteiger partial charge is 0.220 e. The Morgan fingerprint density at radius 3 is 2.74 bits per heavy atom. The number of benzene rings is 1. The Morgan fingerprint density at radius 1 is 1.32 bits per heavy atom. The van der Waals surface area contributed by atoms with Crippen molar-refractivity contribution in [1.29, 1.82) is 0 Å². The van der Waals surface area contributed by atoms with E-state index in [4.69, 9.17) is 4.42 Å². The second-order valence-electron chi connectivity index (χ2n) is 4.41. The average molecular weight is 258 g/mol. The molecule has 0 saturated carbocycles. The standard InChI is InChI=1S/C15H18N2O2/c1-3-7-13(18)16-10-14-17-15(11(2)19-14)12-8-5-4-6-9-12/h4-6,8-9H,3,7,10H2,1-2H3,(H,16,18). The molecule has 1 aromatic carbocycles. The number of nitrogens with one attached hydrogen (secondary N) is 1. The van der Waals surface area contributed by atoms with Crippen LogP contribution in [-0.4, -0.2) is 10.9 Å². The Kier molecular flexibility index (Phi) is 4.34. The molecular weight excluding hydrogens is 240 g/mol. The molecule has 100 valence electrons. The molecule has 0 aliphatic carbocycles. The third kappa shape index (κ3) is 3.44. The molecule has 0 unspecified atom stereocenters. The molecular formula is C15H18N2O2. The van der Waals surface area contributed by atoms with E-state index in [0.29, 0.717) is 18.9 Å². The summed E-state index contributed by atoms with van der Waals surface area (Å²) in [6.07, 6.45) is 1.37. The monoisotopic (exact) mass is 258 g/mol. The van der Waals surface area contributed by atoms with Crippen LogP contribution in [0.3, 0.4) is 0 Å². The van der Waals surface area contributed by atoms with Gasteiger partial charge in [-0.25, -0.2) is 4.98 Å². The van der Waals surface area contributed by atoms with Gasteiger partial charge >= 0.3 is 0 Å². The first kappa shape index (κ1) is 13.3. The van der Waals surface area contributed by atoms with Crippen LogP contribution >= 0.6 is 0 Å². The predicted octanol–water partition coefficient (Wildman–Crippen LogP) is 3.07. The number of amides is 1. The van der Waals surface area contributed by atoms with Crippen LogP contribution in [0, 0.1) is 6.92 Å². The van der Waals surface area contributed by atoms with E-state index in [9.17, 15) is 4.79 Å². The molecule has 2 rings (SSSR count). The number of rotatable bonds is 5. The highest BCUT2D eigenvalue weighted by Crippen LogP contribution is 2.22. The number of aromatic nitrogens is 1. The molecule has 1 amide bonds. The summed E-state index contributed by atoms with van der Waals surface area (Å²) in [4.78, 5) is 15.8. The van der Waals surface area contributed by atoms with Crippen molar-refractivity contribution in [3.8, 4) is 11.3 Å². The quantitative estimate of drug-likeness (QED) is 0.896. The molecule has 0 saturated heterocycles. The fourth-order valence-corrected chi connectivity index (χ4v) is 1.88. The van der Waals surface area contributed by atoms with Gasteiger partial charge < -0.3 is 9.73 Å². The molecule has 1 N–H and O–H groups in total. The summed E-state index contributed by atoms with van der Waals surface area (Å²) in [5.41, 5.74) is 1.86. The topological polar surface area (TPSA) is 55.1 Å². The van der Waals surface area contributed by atoms with Crippen molar-refractivity contribution in [1.82, 2.24) is 10.3 Å². The van der Waals surface area contributed by atoms with Crippen LogP contribution < -0.4 is 5.32 Å². The lowest BCUT2D eigenvalue weighted by molar-refractivity contribution is -0.121. The van der Waals surface area contributed by atoms with Crippen molar-refractivity contribution in [3.05, 3.63) is 42.0 Å². The number of nitrogens with zero attached hydrogens (tertiary/aromatic N) is 1. The summed E-state index contributed by atoms with van der Waals surface area (Å²) < 4.78 is 5.57. The van der Waals surface area contributed by atoms with Crippen LogP contribution in [0.4, 0.5) is 0 Å². The molecule has 0 bridgehead atoms. The van der Waals surface area contributed by atoms with E-state index in [1.165, 1.54) is 0 Å². The van der Waals surface area contributed by atoms with Crippen LogP contribution in [0.5, 0.6) is 0 Å². The summed E-state index contributed by atoms with van der Waals surface area (Å²) in [5, 5.41) is 2.80. The second kappa shape index (κ2) is 6.18. The second-order valence-corrected chi connectivity index (χ2v) is 4.41. The maximum absolute atomic E-state index is 11.4. The normalized spacial score (nSPS) is 10.4. The molecule has 0 aliphatic rings. The van der Waals surface area contributed by atoms with Crippen molar-refractivity contribution in [3.63, 3.8) is 0 Å². The predicted molar refractivity (Wildman–Crippen MR) is 73.4 cm³/mol. The lowest BCUT2D eigenvalue weighted by Gasteiger charge is -1.99. The number of oxazole rings is 1. The number of aryl methyl sites for hydroxylation is 1. The van der Waals surface area contributed by atoms with E-state index in [1.54, 1.807) is 0 Å². The first-order chi connectivity index (χ1) is 9.20. The van der Waals surface area contributed by atoms with Crippen LogP contribution in [0.25, 0.3) is 11.3 Å². The van der Waals surface area contributed by atoms with Crippen molar-refractivity contribution < 1.29 is 9.21 Å². The van der Waals surface area contributed by atoms with Gasteiger partial charge in [0.15, 0.2) is 0 Å². The minimum atomic E-state index is 0.0274. The summed E-state index contributed by atoms with van der Waals surface area (Å²) in [7, 11) is 0. The van der Waals surface area contributed by atoms with Crippen molar-refractivity contribution in [2.45, 2.75) is 33.2 Å². The van der Waals surface area contributed by atoms with Crippen LogP contribution in [0.1, 0.15) is 31.4 Å². The van der Waals surface area contributed by atoms with Gasteiger partial charge in [-0.2, -0.15) is 0 Å². The summed E-state index contributed by atoms with van der Waals surface area (Å²) in [6.45, 7) is 4.20. The van der Waals surface area contributed by atoms with E-state index >= 15 is 0 Å².